The Balaban J connectivity index is 2.13. The third kappa shape index (κ3) is 2.10. The van der Waals surface area contributed by atoms with Gasteiger partial charge in [-0.2, -0.15) is 4.39 Å². The minimum Gasteiger partial charge on any atom is -0.508 e. The number of nitrogens with one attached hydrogen (secondary N) is 1. The van der Waals surface area contributed by atoms with Crippen LogP contribution in [-0.4, -0.2) is 22.1 Å². The van der Waals surface area contributed by atoms with Gasteiger partial charge < -0.3 is 10.4 Å². The second kappa shape index (κ2) is 4.47. The first-order chi connectivity index (χ1) is 9.17. The minimum atomic E-state index is -0.560. The largest absolute Gasteiger partial charge is 0.508 e. The fourth-order valence-electron chi connectivity index (χ4n) is 1.76. The Morgan fingerprint density at radius 1 is 1.21 bits per heavy atom. The van der Waals surface area contributed by atoms with Crippen LogP contribution in [0.15, 0.2) is 30.3 Å². The number of aromatic hydroxyl groups is 1. The number of phenolic OH excluding ortho intramolecular Hbond substituents is 1. The topological polar surface area (TPSA) is 58.0 Å². The summed E-state index contributed by atoms with van der Waals surface area (Å²) in [6.07, 6.45) is 0. The van der Waals surface area contributed by atoms with Crippen molar-refractivity contribution >= 4 is 27.4 Å². The molecule has 2 heterocycles. The van der Waals surface area contributed by atoms with Gasteiger partial charge in [0, 0.05) is 7.05 Å². The maximum Gasteiger partial charge on any atom is 0.225 e. The molecule has 0 saturated heterocycles. The molecule has 4 nitrogen and oxygen atoms in total. The lowest BCUT2D eigenvalue weighted by Crippen LogP contribution is -1.95. The molecule has 0 fully saturated rings. The lowest BCUT2D eigenvalue weighted by molar-refractivity contribution is 0.476. The van der Waals surface area contributed by atoms with Crippen LogP contribution in [0.25, 0.3) is 20.8 Å². The summed E-state index contributed by atoms with van der Waals surface area (Å²) in [6.45, 7) is 0. The summed E-state index contributed by atoms with van der Waals surface area (Å²) < 4.78 is 14.7. The first kappa shape index (κ1) is 11.9. The summed E-state index contributed by atoms with van der Waals surface area (Å²) in [5, 5.41) is 12.7. The number of halogens is 1. The first-order valence-corrected chi connectivity index (χ1v) is 6.43. The Morgan fingerprint density at radius 2 is 2.05 bits per heavy atom. The van der Waals surface area contributed by atoms with Crippen LogP contribution in [0.5, 0.6) is 5.75 Å². The van der Waals surface area contributed by atoms with Gasteiger partial charge in [-0.3, -0.25) is 0 Å². The number of hydrogen-bond donors (Lipinski definition) is 2. The van der Waals surface area contributed by atoms with E-state index < -0.39 is 5.95 Å². The normalized spacial score (nSPS) is 10.8. The average molecular weight is 274 g/mol. The molecule has 0 amide bonds. The van der Waals surface area contributed by atoms with E-state index in [1.54, 1.807) is 37.4 Å². The third-order valence-corrected chi connectivity index (χ3v) is 3.76. The van der Waals surface area contributed by atoms with Gasteiger partial charge in [-0.25, -0.2) is 9.97 Å². The van der Waals surface area contributed by atoms with E-state index in [0.717, 1.165) is 10.2 Å². The van der Waals surface area contributed by atoms with Gasteiger partial charge in [0.2, 0.25) is 5.95 Å². The van der Waals surface area contributed by atoms with E-state index in [2.05, 4.69) is 15.3 Å². The summed E-state index contributed by atoms with van der Waals surface area (Å²) in [5.41, 5.74) is 1.09. The number of thiazole rings is 1. The van der Waals surface area contributed by atoms with Gasteiger partial charge in [0.05, 0.1) is 15.8 Å². The standard InChI is InChI=1S/C13H10FN3OS/c1-15-11-5-3-8(12(14)17-11)13-16-9-4-2-7(18)6-10(9)19-13/h2-6,18H,1H3,(H,15,17)/i14-1. The van der Waals surface area contributed by atoms with Gasteiger partial charge in [-0.15, -0.1) is 11.3 Å². The van der Waals surface area contributed by atoms with Crippen molar-refractivity contribution in [2.24, 2.45) is 0 Å². The minimum absolute atomic E-state index is 0.173. The summed E-state index contributed by atoms with van der Waals surface area (Å²) in [5.74, 6) is 0.0851. The van der Waals surface area contributed by atoms with Gasteiger partial charge in [0.15, 0.2) is 0 Å². The van der Waals surface area contributed by atoms with Crippen molar-refractivity contribution in [3.63, 3.8) is 0 Å². The van der Waals surface area contributed by atoms with Crippen molar-refractivity contribution < 1.29 is 9.50 Å². The molecule has 0 unspecified atom stereocenters. The predicted molar refractivity (Wildman–Crippen MR) is 74.0 cm³/mol. The average Bonchev–Trinajstić information content (AvgIpc) is 2.81. The molecular formula is C13H10FN3OS. The van der Waals surface area contributed by atoms with Gasteiger partial charge >= 0.3 is 0 Å². The molecule has 0 spiro atoms. The molecule has 0 aliphatic heterocycles. The van der Waals surface area contributed by atoms with Crippen LogP contribution in [0, 0.1) is 5.95 Å². The number of nitrogens with zero attached hydrogens (tertiary/aromatic N) is 2. The van der Waals surface area contributed by atoms with E-state index >= 15 is 0 Å². The summed E-state index contributed by atoms with van der Waals surface area (Å²) in [7, 11) is 1.68. The quantitative estimate of drug-likeness (QED) is 0.704. The number of fused-ring (bicyclic) bond motifs is 1. The predicted octanol–water partition coefficient (Wildman–Crippen LogP) is 3.24. The fraction of sp³-hybridized carbons (Fsp3) is 0.0769. The number of hydrogen-bond acceptors (Lipinski definition) is 5. The van der Waals surface area contributed by atoms with Gasteiger partial charge in [0.1, 0.15) is 16.6 Å². The van der Waals surface area contributed by atoms with E-state index in [4.69, 9.17) is 0 Å². The SMILES string of the molecule is CNc1ccc(-c2nc3ccc(O)cc3s2)c([18F])n1. The molecular weight excluding hydrogens is 264 g/mol. The van der Waals surface area contributed by atoms with E-state index in [9.17, 15) is 9.50 Å². The fourth-order valence-corrected chi connectivity index (χ4v) is 2.77. The first-order valence-electron chi connectivity index (χ1n) is 5.61. The summed E-state index contributed by atoms with van der Waals surface area (Å²) in [6, 6.07) is 8.22. The Labute approximate surface area is 112 Å². The zero-order valence-electron chi connectivity index (χ0n) is 10.0. The molecule has 0 bridgehead atoms. The second-order valence-corrected chi connectivity index (χ2v) is 4.99. The molecule has 0 aliphatic carbocycles. The van der Waals surface area contributed by atoms with Gasteiger partial charge in [-0.05, 0) is 30.3 Å². The maximum atomic E-state index is 13.9. The number of phenols is 1. The lowest BCUT2D eigenvalue weighted by Gasteiger charge is -2.01. The van der Waals surface area contributed by atoms with Crippen molar-refractivity contribution in [2.45, 2.75) is 0 Å². The zero-order chi connectivity index (χ0) is 13.4. The van der Waals surface area contributed by atoms with Crippen LogP contribution in [0.2, 0.25) is 0 Å². The van der Waals surface area contributed by atoms with Crippen LogP contribution >= 0.6 is 11.3 Å². The number of pyridine rings is 1. The van der Waals surface area contributed by atoms with Crippen LogP contribution in [0.3, 0.4) is 0 Å². The van der Waals surface area contributed by atoms with Crippen molar-refractivity contribution in [3.05, 3.63) is 36.3 Å². The van der Waals surface area contributed by atoms with E-state index in [0.29, 0.717) is 16.4 Å². The molecule has 96 valence electrons. The summed E-state index contributed by atoms with van der Waals surface area (Å²) in [4.78, 5) is 8.14. The lowest BCUT2D eigenvalue weighted by atomic mass is 10.3. The van der Waals surface area contributed by atoms with Crippen LogP contribution in [-0.2, 0) is 0 Å². The molecule has 6 heteroatoms. The molecule has 0 aliphatic rings. The molecule has 0 atom stereocenters. The highest BCUT2D eigenvalue weighted by Gasteiger charge is 2.12. The number of benzene rings is 1. The van der Waals surface area contributed by atoms with Crippen LogP contribution in [0.4, 0.5) is 10.2 Å². The van der Waals surface area contributed by atoms with E-state index in [1.165, 1.54) is 11.3 Å². The molecule has 19 heavy (non-hydrogen) atoms. The monoisotopic (exact) mass is 274 g/mol. The highest BCUT2D eigenvalue weighted by atomic mass is 32.1. The van der Waals surface area contributed by atoms with Crippen LogP contribution < -0.4 is 5.32 Å². The van der Waals surface area contributed by atoms with Gasteiger partial charge in [0.25, 0.3) is 0 Å². The highest BCUT2D eigenvalue weighted by molar-refractivity contribution is 7.21. The molecule has 3 rings (SSSR count). The Morgan fingerprint density at radius 3 is 2.79 bits per heavy atom. The van der Waals surface area contributed by atoms with E-state index in [1.807, 2.05) is 0 Å². The summed E-state index contributed by atoms with van der Waals surface area (Å²) >= 11 is 1.32. The Bertz CT molecular complexity index is 757. The maximum absolute atomic E-state index is 13.9. The zero-order valence-corrected chi connectivity index (χ0v) is 10.8. The molecule has 0 saturated carbocycles. The third-order valence-electron chi connectivity index (χ3n) is 2.71. The molecule has 2 aromatic heterocycles. The highest BCUT2D eigenvalue weighted by Crippen LogP contribution is 2.33. The molecule has 2 N–H and O–H groups in total. The van der Waals surface area contributed by atoms with Gasteiger partial charge in [-0.1, -0.05) is 0 Å². The Hall–Kier alpha value is -2.21. The number of anilines is 1. The van der Waals surface area contributed by atoms with Crippen molar-refractivity contribution in [3.8, 4) is 16.3 Å². The van der Waals surface area contributed by atoms with Crippen molar-refractivity contribution in [1.82, 2.24) is 9.97 Å². The van der Waals surface area contributed by atoms with Crippen molar-refractivity contribution in [1.29, 1.82) is 0 Å². The van der Waals surface area contributed by atoms with Crippen LogP contribution in [0.1, 0.15) is 0 Å². The Kier molecular flexibility index (Phi) is 2.79. The molecule has 3 aromatic rings. The van der Waals surface area contributed by atoms with E-state index in [-0.39, 0.29) is 5.75 Å². The molecule has 1 aromatic carbocycles. The van der Waals surface area contributed by atoms with Crippen molar-refractivity contribution in [2.75, 3.05) is 12.4 Å². The smallest absolute Gasteiger partial charge is 0.225 e. The molecule has 0 radical (unpaired) electrons. The second-order valence-electron chi connectivity index (χ2n) is 3.96. The number of rotatable bonds is 2. The number of aromatic nitrogens is 2.